The molecule has 1 saturated carbocycles. The van der Waals surface area contributed by atoms with Gasteiger partial charge in [-0.1, -0.05) is 13.3 Å². The Balaban J connectivity index is 1.92. The van der Waals surface area contributed by atoms with Gasteiger partial charge in [0, 0.05) is 9.85 Å². The highest BCUT2D eigenvalue weighted by atomic mass is 79.9. The molecule has 1 aromatic heterocycles. The summed E-state index contributed by atoms with van der Waals surface area (Å²) in [5, 5.41) is 1.90. The van der Waals surface area contributed by atoms with Crippen LogP contribution >= 0.6 is 27.3 Å². The molecule has 1 aromatic rings. The molecule has 0 N–H and O–H groups in total. The Bertz CT molecular complexity index is 375. The molecule has 4 heteroatoms. The number of carbonyl (C=O) groups excluding carboxylic acids is 1. The van der Waals surface area contributed by atoms with Crippen molar-refractivity contribution in [3.8, 4) is 0 Å². The van der Waals surface area contributed by atoms with Crippen LogP contribution in [-0.2, 0) is 4.74 Å². The lowest BCUT2D eigenvalue weighted by atomic mass is 9.89. The third-order valence-electron chi connectivity index (χ3n) is 2.93. The molecule has 2 unspecified atom stereocenters. The van der Waals surface area contributed by atoms with Gasteiger partial charge in [0.1, 0.15) is 11.0 Å². The highest BCUT2D eigenvalue weighted by Crippen LogP contribution is 2.27. The van der Waals surface area contributed by atoms with Crippen LogP contribution in [0.2, 0.25) is 0 Å². The molecule has 0 radical (unpaired) electrons. The summed E-state index contributed by atoms with van der Waals surface area (Å²) >= 11 is 4.76. The van der Waals surface area contributed by atoms with E-state index in [4.69, 9.17) is 4.74 Å². The molecule has 1 aliphatic rings. The van der Waals surface area contributed by atoms with E-state index < -0.39 is 0 Å². The molecule has 2 rings (SSSR count). The van der Waals surface area contributed by atoms with Crippen LogP contribution in [0.15, 0.2) is 15.9 Å². The fourth-order valence-electron chi connectivity index (χ4n) is 2.12. The number of ether oxygens (including phenoxy) is 1. The topological polar surface area (TPSA) is 26.3 Å². The van der Waals surface area contributed by atoms with E-state index in [9.17, 15) is 4.79 Å². The number of carbonyl (C=O) groups is 1. The summed E-state index contributed by atoms with van der Waals surface area (Å²) in [7, 11) is 0. The molecule has 1 aliphatic carbocycles. The van der Waals surface area contributed by atoms with Crippen LogP contribution in [0.3, 0.4) is 0 Å². The summed E-state index contributed by atoms with van der Waals surface area (Å²) in [6.07, 6.45) is 4.59. The minimum atomic E-state index is -0.171. The summed E-state index contributed by atoms with van der Waals surface area (Å²) in [5.41, 5.74) is 0. The quantitative estimate of drug-likeness (QED) is 0.764. The largest absolute Gasteiger partial charge is 0.458 e. The van der Waals surface area contributed by atoms with Gasteiger partial charge in [0.25, 0.3) is 0 Å². The lowest BCUT2D eigenvalue weighted by Crippen LogP contribution is -2.24. The molecule has 0 bridgehead atoms. The van der Waals surface area contributed by atoms with E-state index in [1.54, 1.807) is 0 Å². The summed E-state index contributed by atoms with van der Waals surface area (Å²) in [5.74, 6) is 0.511. The Morgan fingerprint density at radius 2 is 2.38 bits per heavy atom. The van der Waals surface area contributed by atoms with Crippen LogP contribution < -0.4 is 0 Å². The number of esters is 1. The molecule has 2 nitrogen and oxygen atoms in total. The smallest absolute Gasteiger partial charge is 0.348 e. The van der Waals surface area contributed by atoms with Gasteiger partial charge in [-0.3, -0.25) is 0 Å². The minimum absolute atomic E-state index is 0.122. The van der Waals surface area contributed by atoms with Crippen molar-refractivity contribution in [3.63, 3.8) is 0 Å². The van der Waals surface area contributed by atoms with E-state index in [0.717, 1.165) is 17.3 Å². The SMILES string of the molecule is CC1CCCC(OC(=O)c2cc(Br)cs2)C1. The summed E-state index contributed by atoms with van der Waals surface area (Å²) in [6, 6.07) is 1.82. The molecular formula is C12H15BrO2S. The average molecular weight is 303 g/mol. The van der Waals surface area contributed by atoms with Gasteiger partial charge in [-0.25, -0.2) is 4.79 Å². The molecule has 0 amide bonds. The minimum Gasteiger partial charge on any atom is -0.458 e. The van der Waals surface area contributed by atoms with Crippen molar-refractivity contribution >= 4 is 33.2 Å². The second-order valence-corrected chi connectivity index (χ2v) is 6.26. The van der Waals surface area contributed by atoms with E-state index in [0.29, 0.717) is 10.8 Å². The van der Waals surface area contributed by atoms with Gasteiger partial charge in [-0.05, 0) is 47.2 Å². The van der Waals surface area contributed by atoms with Crippen LogP contribution in [0, 0.1) is 5.92 Å². The third kappa shape index (κ3) is 3.08. The van der Waals surface area contributed by atoms with Crippen LogP contribution in [0.5, 0.6) is 0 Å². The number of hydrogen-bond acceptors (Lipinski definition) is 3. The Morgan fingerprint density at radius 1 is 1.56 bits per heavy atom. The van der Waals surface area contributed by atoms with Crippen LogP contribution in [-0.4, -0.2) is 12.1 Å². The molecule has 88 valence electrons. The Kier molecular flexibility index (Phi) is 4.03. The van der Waals surface area contributed by atoms with Crippen molar-refractivity contribution < 1.29 is 9.53 Å². The van der Waals surface area contributed by atoms with Crippen molar-refractivity contribution in [3.05, 3.63) is 20.8 Å². The summed E-state index contributed by atoms with van der Waals surface area (Å²) in [6.45, 7) is 2.22. The van der Waals surface area contributed by atoms with Crippen LogP contribution in [0.4, 0.5) is 0 Å². The van der Waals surface area contributed by atoms with Crippen molar-refractivity contribution in [2.24, 2.45) is 5.92 Å². The zero-order valence-corrected chi connectivity index (χ0v) is 11.6. The van der Waals surface area contributed by atoms with E-state index in [2.05, 4.69) is 22.9 Å². The summed E-state index contributed by atoms with van der Waals surface area (Å²) < 4.78 is 6.46. The lowest BCUT2D eigenvalue weighted by molar-refractivity contribution is 0.0160. The van der Waals surface area contributed by atoms with E-state index in [1.165, 1.54) is 24.2 Å². The highest BCUT2D eigenvalue weighted by molar-refractivity contribution is 9.10. The number of thiophene rings is 1. The van der Waals surface area contributed by atoms with E-state index >= 15 is 0 Å². The van der Waals surface area contributed by atoms with E-state index in [1.807, 2.05) is 11.4 Å². The molecule has 1 fully saturated rings. The van der Waals surface area contributed by atoms with Gasteiger partial charge in [0.05, 0.1) is 0 Å². The molecular weight excluding hydrogens is 288 g/mol. The Morgan fingerprint density at radius 3 is 3.00 bits per heavy atom. The fourth-order valence-corrected chi connectivity index (χ4v) is 3.42. The first-order valence-electron chi connectivity index (χ1n) is 5.60. The maximum Gasteiger partial charge on any atom is 0.348 e. The van der Waals surface area contributed by atoms with Gasteiger partial charge in [-0.15, -0.1) is 11.3 Å². The average Bonchev–Trinajstić information content (AvgIpc) is 2.65. The Labute approximate surface area is 108 Å². The highest BCUT2D eigenvalue weighted by Gasteiger charge is 2.23. The molecule has 0 saturated heterocycles. The van der Waals surface area contributed by atoms with Crippen molar-refractivity contribution in [1.29, 1.82) is 0 Å². The first-order valence-corrected chi connectivity index (χ1v) is 7.27. The molecule has 16 heavy (non-hydrogen) atoms. The molecule has 2 atom stereocenters. The van der Waals surface area contributed by atoms with Crippen molar-refractivity contribution in [1.82, 2.24) is 0 Å². The predicted molar refractivity (Wildman–Crippen MR) is 68.9 cm³/mol. The maximum atomic E-state index is 11.8. The Hall–Kier alpha value is -0.350. The van der Waals surface area contributed by atoms with Crippen molar-refractivity contribution in [2.45, 2.75) is 38.7 Å². The standard InChI is InChI=1S/C12H15BrO2S/c1-8-3-2-4-10(5-8)15-12(14)11-6-9(13)7-16-11/h6-8,10H,2-5H2,1H3. The zero-order valence-electron chi connectivity index (χ0n) is 9.24. The third-order valence-corrected chi connectivity index (χ3v) is 4.60. The number of rotatable bonds is 2. The van der Waals surface area contributed by atoms with Gasteiger partial charge >= 0.3 is 5.97 Å². The fraction of sp³-hybridized carbons (Fsp3) is 0.583. The molecule has 1 heterocycles. The first kappa shape index (κ1) is 12.1. The number of halogens is 1. The zero-order chi connectivity index (χ0) is 11.5. The second kappa shape index (κ2) is 5.32. The first-order chi connectivity index (χ1) is 7.65. The lowest BCUT2D eigenvalue weighted by Gasteiger charge is -2.26. The number of hydrogen-bond donors (Lipinski definition) is 0. The molecule has 0 aromatic carbocycles. The van der Waals surface area contributed by atoms with Gasteiger partial charge in [-0.2, -0.15) is 0 Å². The van der Waals surface area contributed by atoms with Gasteiger partial charge < -0.3 is 4.74 Å². The van der Waals surface area contributed by atoms with Gasteiger partial charge in [0.15, 0.2) is 0 Å². The van der Waals surface area contributed by atoms with Crippen LogP contribution in [0.1, 0.15) is 42.3 Å². The van der Waals surface area contributed by atoms with E-state index in [-0.39, 0.29) is 12.1 Å². The maximum absolute atomic E-state index is 11.8. The normalized spacial score (nSPS) is 25.4. The predicted octanol–water partition coefficient (Wildman–Crippen LogP) is 4.25. The molecule has 0 spiro atoms. The second-order valence-electron chi connectivity index (χ2n) is 4.43. The van der Waals surface area contributed by atoms with Gasteiger partial charge in [0.2, 0.25) is 0 Å². The molecule has 0 aliphatic heterocycles. The van der Waals surface area contributed by atoms with Crippen LogP contribution in [0.25, 0.3) is 0 Å². The summed E-state index contributed by atoms with van der Waals surface area (Å²) in [4.78, 5) is 12.5. The monoisotopic (exact) mass is 302 g/mol. The van der Waals surface area contributed by atoms with Crippen molar-refractivity contribution in [2.75, 3.05) is 0 Å².